The van der Waals surface area contributed by atoms with E-state index in [1.165, 1.54) is 0 Å². The molecule has 1 aromatic carbocycles. The molecule has 136 valence electrons. The number of aromatic nitrogens is 1. The van der Waals surface area contributed by atoms with E-state index in [1.54, 1.807) is 43.1 Å². The van der Waals surface area contributed by atoms with Crippen molar-refractivity contribution >= 4 is 33.4 Å². The lowest BCUT2D eigenvalue weighted by atomic mass is 10.2. The molecule has 3 rings (SSSR count). The predicted molar refractivity (Wildman–Crippen MR) is 101 cm³/mol. The lowest BCUT2D eigenvalue weighted by Gasteiger charge is -2.14. The molecular formula is C19H20N2O4S. The van der Waals surface area contributed by atoms with Gasteiger partial charge in [-0.2, -0.15) is 0 Å². The second kappa shape index (κ2) is 7.61. The summed E-state index contributed by atoms with van der Waals surface area (Å²) < 4.78 is 13.2. The largest absolute Gasteiger partial charge is 0.497 e. The van der Waals surface area contributed by atoms with E-state index in [1.807, 2.05) is 35.7 Å². The predicted octanol–water partition coefficient (Wildman–Crippen LogP) is 3.11. The SMILES string of the molecule is COc1ccc(CNC(=O)C(C)OC(=O)c2cc3sccc3n2C)cc1. The fourth-order valence-electron chi connectivity index (χ4n) is 2.60. The summed E-state index contributed by atoms with van der Waals surface area (Å²) in [5.41, 5.74) is 2.33. The van der Waals surface area contributed by atoms with E-state index >= 15 is 0 Å². The molecule has 0 radical (unpaired) electrons. The van der Waals surface area contributed by atoms with Crippen molar-refractivity contribution in [3.05, 3.63) is 53.0 Å². The van der Waals surface area contributed by atoms with Gasteiger partial charge in [-0.3, -0.25) is 4.79 Å². The van der Waals surface area contributed by atoms with Gasteiger partial charge in [0.05, 0.1) is 17.3 Å². The standard InChI is InChI=1S/C19H20N2O4S/c1-12(18(22)20-11-13-4-6-14(24-3)7-5-13)25-19(23)16-10-17-15(21(16)2)8-9-26-17/h4-10,12H,11H2,1-3H3,(H,20,22). The Morgan fingerprint density at radius 3 is 2.62 bits per heavy atom. The molecule has 1 unspecified atom stereocenters. The molecule has 0 bridgehead atoms. The molecule has 0 aliphatic rings. The lowest BCUT2D eigenvalue weighted by Crippen LogP contribution is -2.35. The molecule has 0 fully saturated rings. The van der Waals surface area contributed by atoms with Gasteiger partial charge in [0.2, 0.25) is 0 Å². The molecule has 26 heavy (non-hydrogen) atoms. The van der Waals surface area contributed by atoms with Gasteiger partial charge >= 0.3 is 5.97 Å². The van der Waals surface area contributed by atoms with E-state index in [2.05, 4.69) is 5.32 Å². The van der Waals surface area contributed by atoms with Gasteiger partial charge in [-0.05, 0) is 42.1 Å². The molecule has 1 atom stereocenters. The second-order valence-corrected chi connectivity index (χ2v) is 6.82. The fourth-order valence-corrected chi connectivity index (χ4v) is 3.45. The fraction of sp³-hybridized carbons (Fsp3) is 0.263. The van der Waals surface area contributed by atoms with Crippen molar-refractivity contribution in [2.75, 3.05) is 7.11 Å². The molecular weight excluding hydrogens is 352 g/mol. The van der Waals surface area contributed by atoms with Crippen LogP contribution in [0.3, 0.4) is 0 Å². The van der Waals surface area contributed by atoms with Gasteiger partial charge in [0.15, 0.2) is 6.10 Å². The molecule has 0 saturated carbocycles. The van der Waals surface area contributed by atoms with Gasteiger partial charge in [0.25, 0.3) is 5.91 Å². The Bertz CT molecular complexity index is 927. The molecule has 0 aliphatic heterocycles. The van der Waals surface area contributed by atoms with Crippen molar-refractivity contribution < 1.29 is 19.1 Å². The molecule has 0 saturated heterocycles. The average Bonchev–Trinajstić information content (AvgIpc) is 3.23. The molecule has 2 heterocycles. The summed E-state index contributed by atoms with van der Waals surface area (Å²) in [5.74, 6) is -0.0990. The molecule has 7 heteroatoms. The van der Waals surface area contributed by atoms with Crippen molar-refractivity contribution in [2.45, 2.75) is 19.6 Å². The van der Waals surface area contributed by atoms with Crippen LogP contribution in [0, 0.1) is 0 Å². The van der Waals surface area contributed by atoms with Crippen molar-refractivity contribution in [3.8, 4) is 5.75 Å². The van der Waals surface area contributed by atoms with Crippen LogP contribution in [0.1, 0.15) is 23.0 Å². The third-order valence-corrected chi connectivity index (χ3v) is 5.00. The number of carbonyl (C=O) groups is 2. The third kappa shape index (κ3) is 3.72. The maximum atomic E-state index is 12.4. The van der Waals surface area contributed by atoms with Gasteiger partial charge in [-0.25, -0.2) is 4.79 Å². The van der Waals surface area contributed by atoms with Gasteiger partial charge < -0.3 is 19.4 Å². The average molecular weight is 372 g/mol. The van der Waals surface area contributed by atoms with Gasteiger partial charge in [0.1, 0.15) is 11.4 Å². The van der Waals surface area contributed by atoms with Crippen molar-refractivity contribution in [1.29, 1.82) is 0 Å². The number of ether oxygens (including phenoxy) is 2. The monoisotopic (exact) mass is 372 g/mol. The maximum absolute atomic E-state index is 12.4. The van der Waals surface area contributed by atoms with Crippen LogP contribution in [0.2, 0.25) is 0 Å². The number of amides is 1. The number of rotatable bonds is 6. The number of hydrogen-bond donors (Lipinski definition) is 1. The first-order chi connectivity index (χ1) is 12.5. The second-order valence-electron chi connectivity index (χ2n) is 5.87. The van der Waals surface area contributed by atoms with Crippen molar-refractivity contribution in [2.24, 2.45) is 7.05 Å². The van der Waals surface area contributed by atoms with Crippen LogP contribution in [0.15, 0.2) is 41.8 Å². The van der Waals surface area contributed by atoms with Crippen LogP contribution in [0.5, 0.6) is 5.75 Å². The summed E-state index contributed by atoms with van der Waals surface area (Å²) >= 11 is 1.56. The number of nitrogens with one attached hydrogen (secondary N) is 1. The molecule has 1 amide bonds. The minimum Gasteiger partial charge on any atom is -0.497 e. The number of thiophene rings is 1. The van der Waals surface area contributed by atoms with Crippen molar-refractivity contribution in [1.82, 2.24) is 9.88 Å². The normalized spacial score (nSPS) is 12.0. The number of aryl methyl sites for hydroxylation is 1. The van der Waals surface area contributed by atoms with Crippen molar-refractivity contribution in [3.63, 3.8) is 0 Å². The molecule has 0 aliphatic carbocycles. The van der Waals surface area contributed by atoms with E-state index in [4.69, 9.17) is 9.47 Å². The highest BCUT2D eigenvalue weighted by atomic mass is 32.1. The summed E-state index contributed by atoms with van der Waals surface area (Å²) in [7, 11) is 3.41. The van der Waals surface area contributed by atoms with E-state index < -0.39 is 12.1 Å². The molecule has 2 aromatic heterocycles. The first-order valence-electron chi connectivity index (χ1n) is 8.14. The number of nitrogens with zero attached hydrogens (tertiary/aromatic N) is 1. The highest BCUT2D eigenvalue weighted by Crippen LogP contribution is 2.24. The zero-order valence-corrected chi connectivity index (χ0v) is 15.6. The summed E-state index contributed by atoms with van der Waals surface area (Å²) in [6.07, 6.45) is -0.881. The van der Waals surface area contributed by atoms with Crippen LogP contribution in [0.25, 0.3) is 10.2 Å². The van der Waals surface area contributed by atoms with Crippen LogP contribution in [-0.2, 0) is 23.1 Å². The number of hydrogen-bond acceptors (Lipinski definition) is 5. The molecule has 0 spiro atoms. The van der Waals surface area contributed by atoms with Crippen LogP contribution in [0.4, 0.5) is 0 Å². The first-order valence-corrected chi connectivity index (χ1v) is 9.02. The highest BCUT2D eigenvalue weighted by molar-refractivity contribution is 7.17. The number of methoxy groups -OCH3 is 1. The molecule has 1 N–H and O–H groups in total. The summed E-state index contributed by atoms with van der Waals surface area (Å²) in [6, 6.07) is 11.1. The summed E-state index contributed by atoms with van der Waals surface area (Å²) in [6.45, 7) is 1.91. The highest BCUT2D eigenvalue weighted by Gasteiger charge is 2.21. The number of benzene rings is 1. The summed E-state index contributed by atoms with van der Waals surface area (Å²) in [5, 5.41) is 4.73. The Morgan fingerprint density at radius 1 is 1.23 bits per heavy atom. The maximum Gasteiger partial charge on any atom is 0.355 e. The Labute approximate surface area is 155 Å². The minimum atomic E-state index is -0.881. The van der Waals surface area contributed by atoms with Crippen LogP contribution < -0.4 is 10.1 Å². The van der Waals surface area contributed by atoms with E-state index in [9.17, 15) is 9.59 Å². The minimum absolute atomic E-state index is 0.342. The van der Waals surface area contributed by atoms with E-state index in [0.29, 0.717) is 12.2 Å². The van der Waals surface area contributed by atoms with Crippen LogP contribution >= 0.6 is 11.3 Å². The Kier molecular flexibility index (Phi) is 5.27. The summed E-state index contributed by atoms with van der Waals surface area (Å²) in [4.78, 5) is 24.6. The van der Waals surface area contributed by atoms with Gasteiger partial charge in [-0.1, -0.05) is 12.1 Å². The first kappa shape index (κ1) is 18.0. The van der Waals surface area contributed by atoms with E-state index in [-0.39, 0.29) is 5.91 Å². The van der Waals surface area contributed by atoms with Crippen LogP contribution in [-0.4, -0.2) is 29.7 Å². The smallest absolute Gasteiger partial charge is 0.355 e. The molecule has 3 aromatic rings. The molecule has 6 nitrogen and oxygen atoms in total. The lowest BCUT2D eigenvalue weighted by molar-refractivity contribution is -0.129. The third-order valence-electron chi connectivity index (χ3n) is 4.15. The van der Waals surface area contributed by atoms with Gasteiger partial charge in [0, 0.05) is 13.6 Å². The Balaban J connectivity index is 1.56. The number of fused-ring (bicyclic) bond motifs is 1. The number of carbonyl (C=O) groups excluding carboxylic acids is 2. The van der Waals surface area contributed by atoms with Gasteiger partial charge in [-0.15, -0.1) is 11.3 Å². The zero-order chi connectivity index (χ0) is 18.7. The Morgan fingerprint density at radius 2 is 1.96 bits per heavy atom. The number of esters is 1. The topological polar surface area (TPSA) is 69.6 Å². The Hall–Kier alpha value is -2.80. The van der Waals surface area contributed by atoms with E-state index in [0.717, 1.165) is 21.5 Å². The quantitative estimate of drug-likeness (QED) is 0.675. The zero-order valence-electron chi connectivity index (χ0n) is 14.8.